The van der Waals surface area contributed by atoms with Crippen LogP contribution in [0.15, 0.2) is 42.5 Å². The van der Waals surface area contributed by atoms with Crippen LogP contribution < -0.4 is 15.5 Å². The molecule has 1 atom stereocenters. The van der Waals surface area contributed by atoms with Crippen LogP contribution in [0.4, 0.5) is 11.4 Å². The first kappa shape index (κ1) is 15.7. The summed E-state index contributed by atoms with van der Waals surface area (Å²) in [6, 6.07) is 13.5. The van der Waals surface area contributed by atoms with E-state index in [4.69, 9.17) is 0 Å². The zero-order chi connectivity index (χ0) is 17.4. The lowest BCUT2D eigenvalue weighted by atomic mass is 10.1. The fraction of sp³-hybridized carbons (Fsp3) is 0.300. The molecule has 1 saturated heterocycles. The van der Waals surface area contributed by atoms with Gasteiger partial charge in [0.2, 0.25) is 5.91 Å². The topological polar surface area (TPSA) is 61.4 Å². The molecule has 0 saturated carbocycles. The lowest BCUT2D eigenvalue weighted by Gasteiger charge is -2.33. The molecule has 2 amide bonds. The second-order valence-corrected chi connectivity index (χ2v) is 6.68. The van der Waals surface area contributed by atoms with E-state index in [0.29, 0.717) is 12.1 Å². The van der Waals surface area contributed by atoms with Crippen molar-refractivity contribution in [2.24, 2.45) is 0 Å². The SMILES string of the molecule is Cc1ccccc1CNC(=O)c1ccc2c(c1)NC(=O)C1CCCN21. The van der Waals surface area contributed by atoms with Crippen molar-refractivity contribution < 1.29 is 9.59 Å². The van der Waals surface area contributed by atoms with Gasteiger partial charge in [0.25, 0.3) is 5.91 Å². The van der Waals surface area contributed by atoms with Gasteiger partial charge in [-0.15, -0.1) is 0 Å². The Bertz CT molecular complexity index is 847. The molecule has 128 valence electrons. The minimum absolute atomic E-state index is 0.0301. The molecule has 5 nitrogen and oxygen atoms in total. The molecule has 1 fully saturated rings. The Morgan fingerprint density at radius 3 is 2.96 bits per heavy atom. The Morgan fingerprint density at radius 2 is 2.12 bits per heavy atom. The van der Waals surface area contributed by atoms with Gasteiger partial charge in [0.15, 0.2) is 0 Å². The van der Waals surface area contributed by atoms with Crippen molar-refractivity contribution in [2.75, 3.05) is 16.8 Å². The molecular weight excluding hydrogens is 314 g/mol. The third-order valence-electron chi connectivity index (χ3n) is 5.08. The summed E-state index contributed by atoms with van der Waals surface area (Å²) in [4.78, 5) is 26.8. The van der Waals surface area contributed by atoms with E-state index in [2.05, 4.69) is 15.5 Å². The van der Waals surface area contributed by atoms with E-state index in [1.54, 1.807) is 6.07 Å². The Hall–Kier alpha value is -2.82. The lowest BCUT2D eigenvalue weighted by Crippen LogP contribution is -2.44. The monoisotopic (exact) mass is 335 g/mol. The molecule has 0 radical (unpaired) electrons. The van der Waals surface area contributed by atoms with E-state index in [1.807, 2.05) is 43.3 Å². The quantitative estimate of drug-likeness (QED) is 0.907. The fourth-order valence-corrected chi connectivity index (χ4v) is 3.66. The molecule has 0 spiro atoms. The molecule has 5 heteroatoms. The van der Waals surface area contributed by atoms with Crippen molar-refractivity contribution in [1.29, 1.82) is 0 Å². The van der Waals surface area contributed by atoms with Gasteiger partial charge in [0.1, 0.15) is 6.04 Å². The number of amides is 2. The molecule has 2 aliphatic heterocycles. The van der Waals surface area contributed by atoms with E-state index in [-0.39, 0.29) is 17.9 Å². The summed E-state index contributed by atoms with van der Waals surface area (Å²) >= 11 is 0. The van der Waals surface area contributed by atoms with Gasteiger partial charge in [-0.25, -0.2) is 0 Å². The van der Waals surface area contributed by atoms with Crippen LogP contribution in [-0.4, -0.2) is 24.4 Å². The highest BCUT2D eigenvalue weighted by molar-refractivity contribution is 6.06. The standard InChI is InChI=1S/C20H21N3O2/c1-13-5-2-3-6-15(13)12-21-19(24)14-8-9-17-16(11-14)22-20(25)18-7-4-10-23(17)18/h2-3,5-6,8-9,11,18H,4,7,10,12H2,1H3,(H,21,24)(H,22,25). The first-order valence-corrected chi connectivity index (χ1v) is 8.68. The van der Waals surface area contributed by atoms with Gasteiger partial charge in [0.05, 0.1) is 11.4 Å². The van der Waals surface area contributed by atoms with Crippen LogP contribution in [0.2, 0.25) is 0 Å². The van der Waals surface area contributed by atoms with E-state index < -0.39 is 0 Å². The maximum atomic E-state index is 12.5. The number of nitrogens with one attached hydrogen (secondary N) is 2. The first-order chi connectivity index (χ1) is 12.1. The lowest BCUT2D eigenvalue weighted by molar-refractivity contribution is -0.117. The summed E-state index contributed by atoms with van der Waals surface area (Å²) in [5.74, 6) is -0.105. The predicted octanol–water partition coefficient (Wildman–Crippen LogP) is 2.85. The smallest absolute Gasteiger partial charge is 0.251 e. The summed E-state index contributed by atoms with van der Waals surface area (Å²) in [5.41, 5.74) is 4.55. The van der Waals surface area contributed by atoms with Crippen LogP contribution in [0.3, 0.4) is 0 Å². The van der Waals surface area contributed by atoms with Crippen LogP contribution in [0.1, 0.15) is 34.3 Å². The van der Waals surface area contributed by atoms with Crippen LogP contribution >= 0.6 is 0 Å². The van der Waals surface area contributed by atoms with Gasteiger partial charge in [0, 0.05) is 18.7 Å². The van der Waals surface area contributed by atoms with Gasteiger partial charge in [-0.1, -0.05) is 24.3 Å². The number of hydrogen-bond donors (Lipinski definition) is 2. The number of carbonyl (C=O) groups excluding carboxylic acids is 2. The molecule has 25 heavy (non-hydrogen) atoms. The third kappa shape index (κ3) is 2.86. The average molecular weight is 335 g/mol. The molecule has 4 rings (SSSR count). The number of anilines is 2. The van der Waals surface area contributed by atoms with Crippen molar-refractivity contribution in [3.8, 4) is 0 Å². The average Bonchev–Trinajstić information content (AvgIpc) is 3.11. The number of fused-ring (bicyclic) bond motifs is 3. The normalized spacial score (nSPS) is 18.4. The van der Waals surface area contributed by atoms with Crippen molar-refractivity contribution in [3.63, 3.8) is 0 Å². The molecule has 2 aromatic carbocycles. The van der Waals surface area contributed by atoms with Gasteiger partial charge >= 0.3 is 0 Å². The zero-order valence-electron chi connectivity index (χ0n) is 14.2. The van der Waals surface area contributed by atoms with Crippen LogP contribution in [0.25, 0.3) is 0 Å². The van der Waals surface area contributed by atoms with Crippen molar-refractivity contribution in [1.82, 2.24) is 5.32 Å². The number of carbonyl (C=O) groups is 2. The third-order valence-corrected chi connectivity index (χ3v) is 5.08. The van der Waals surface area contributed by atoms with E-state index in [0.717, 1.165) is 41.9 Å². The molecule has 1 unspecified atom stereocenters. The van der Waals surface area contributed by atoms with Gasteiger partial charge in [-0.3, -0.25) is 9.59 Å². The maximum Gasteiger partial charge on any atom is 0.251 e. The van der Waals surface area contributed by atoms with Crippen LogP contribution in [0, 0.1) is 6.92 Å². The van der Waals surface area contributed by atoms with Gasteiger partial charge < -0.3 is 15.5 Å². The Kier molecular flexibility index (Phi) is 3.92. The molecule has 2 N–H and O–H groups in total. The Balaban J connectivity index is 1.52. The molecule has 2 heterocycles. The van der Waals surface area contributed by atoms with Crippen LogP contribution in [0.5, 0.6) is 0 Å². The van der Waals surface area contributed by atoms with E-state index in [1.165, 1.54) is 0 Å². The second-order valence-electron chi connectivity index (χ2n) is 6.68. The van der Waals surface area contributed by atoms with Crippen molar-refractivity contribution in [3.05, 3.63) is 59.2 Å². The fourth-order valence-electron chi connectivity index (χ4n) is 3.66. The predicted molar refractivity (Wildman–Crippen MR) is 97.8 cm³/mol. The molecule has 2 aliphatic rings. The highest BCUT2D eigenvalue weighted by Gasteiger charge is 2.36. The molecule has 0 aliphatic carbocycles. The van der Waals surface area contributed by atoms with Gasteiger partial charge in [-0.05, 0) is 49.1 Å². The molecule has 0 aromatic heterocycles. The Labute approximate surface area is 147 Å². The Morgan fingerprint density at radius 1 is 1.28 bits per heavy atom. The minimum atomic E-state index is -0.135. The second kappa shape index (κ2) is 6.24. The number of benzene rings is 2. The summed E-state index contributed by atoms with van der Waals surface area (Å²) in [6.07, 6.45) is 1.92. The van der Waals surface area contributed by atoms with Gasteiger partial charge in [-0.2, -0.15) is 0 Å². The van der Waals surface area contributed by atoms with Crippen LogP contribution in [-0.2, 0) is 11.3 Å². The molecular formula is C20H21N3O2. The van der Waals surface area contributed by atoms with E-state index in [9.17, 15) is 9.59 Å². The summed E-state index contributed by atoms with van der Waals surface area (Å²) < 4.78 is 0. The molecule has 2 aromatic rings. The molecule has 0 bridgehead atoms. The number of nitrogens with zero attached hydrogens (tertiary/aromatic N) is 1. The maximum absolute atomic E-state index is 12.5. The van der Waals surface area contributed by atoms with Crippen molar-refractivity contribution in [2.45, 2.75) is 32.4 Å². The summed E-state index contributed by atoms with van der Waals surface area (Å²) in [6.45, 7) is 3.41. The largest absolute Gasteiger partial charge is 0.358 e. The minimum Gasteiger partial charge on any atom is -0.358 e. The van der Waals surface area contributed by atoms with E-state index >= 15 is 0 Å². The summed E-state index contributed by atoms with van der Waals surface area (Å²) in [7, 11) is 0. The highest BCUT2D eigenvalue weighted by Crippen LogP contribution is 2.37. The highest BCUT2D eigenvalue weighted by atomic mass is 16.2. The number of rotatable bonds is 3. The number of hydrogen-bond acceptors (Lipinski definition) is 3. The summed E-state index contributed by atoms with van der Waals surface area (Å²) in [5, 5.41) is 5.90. The first-order valence-electron chi connectivity index (χ1n) is 8.68. The zero-order valence-corrected chi connectivity index (χ0v) is 14.2. The number of aryl methyl sites for hydroxylation is 1. The van der Waals surface area contributed by atoms with Crippen molar-refractivity contribution >= 4 is 23.2 Å².